The second-order valence-electron chi connectivity index (χ2n) is 5.79. The van der Waals surface area contributed by atoms with Crippen LogP contribution in [0.5, 0.6) is 0 Å². The molecule has 1 unspecified atom stereocenters. The Hall–Kier alpha value is -1.53. The average Bonchev–Trinajstić information content (AvgIpc) is 3.27. The predicted octanol–water partition coefficient (Wildman–Crippen LogP) is 3.76. The molecule has 23 heavy (non-hydrogen) atoms. The molecule has 2 aromatic heterocycles. The second-order valence-corrected chi connectivity index (χ2v) is 6.58. The van der Waals surface area contributed by atoms with Crippen molar-refractivity contribution in [3.05, 3.63) is 46.7 Å². The second kappa shape index (κ2) is 7.36. The molecule has 1 amide bonds. The third-order valence-corrected chi connectivity index (χ3v) is 4.76. The van der Waals surface area contributed by atoms with Crippen molar-refractivity contribution in [2.24, 2.45) is 0 Å². The summed E-state index contributed by atoms with van der Waals surface area (Å²) in [6, 6.07) is 7.58. The van der Waals surface area contributed by atoms with Crippen LogP contribution < -0.4 is 0 Å². The van der Waals surface area contributed by atoms with Crippen LogP contribution in [0.2, 0.25) is 0 Å². The quantitative estimate of drug-likeness (QED) is 0.765. The Morgan fingerprint density at radius 2 is 2.30 bits per heavy atom. The van der Waals surface area contributed by atoms with Gasteiger partial charge in [0, 0.05) is 12.6 Å². The zero-order valence-electron chi connectivity index (χ0n) is 13.2. The molecule has 1 atom stereocenters. The maximum Gasteiger partial charge on any atom is 0.290 e. The van der Waals surface area contributed by atoms with E-state index in [0.29, 0.717) is 29.6 Å². The minimum atomic E-state index is -0.0922. The minimum Gasteiger partial charge on any atom is -0.459 e. The van der Waals surface area contributed by atoms with Gasteiger partial charge < -0.3 is 13.7 Å². The highest BCUT2D eigenvalue weighted by Crippen LogP contribution is 2.22. The topological polar surface area (TPSA) is 49.8 Å². The van der Waals surface area contributed by atoms with E-state index in [1.54, 1.807) is 12.1 Å². The van der Waals surface area contributed by atoms with Crippen LogP contribution in [0, 0.1) is 0 Å². The predicted molar refractivity (Wildman–Crippen MR) is 90.1 cm³/mol. The summed E-state index contributed by atoms with van der Waals surface area (Å²) in [4.78, 5) is 17.0. The van der Waals surface area contributed by atoms with Crippen LogP contribution in [-0.2, 0) is 6.54 Å². The van der Waals surface area contributed by atoms with E-state index in [0.717, 1.165) is 25.3 Å². The van der Waals surface area contributed by atoms with Crippen molar-refractivity contribution in [1.29, 1.82) is 0 Å². The Kier molecular flexibility index (Phi) is 5.23. The highest BCUT2D eigenvalue weighted by Gasteiger charge is 2.29. The number of hydrogen-bond donors (Lipinski definition) is 0. The van der Waals surface area contributed by atoms with Crippen LogP contribution in [0.4, 0.5) is 0 Å². The number of rotatable bonds is 6. The summed E-state index contributed by atoms with van der Waals surface area (Å²) < 4.78 is 11.5. The van der Waals surface area contributed by atoms with Crippen molar-refractivity contribution in [3.8, 4) is 0 Å². The lowest BCUT2D eigenvalue weighted by molar-refractivity contribution is 0.0646. The van der Waals surface area contributed by atoms with Crippen LogP contribution in [0.15, 0.2) is 44.0 Å². The summed E-state index contributed by atoms with van der Waals surface area (Å²) in [5.41, 5.74) is 0. The number of halogens is 1. The van der Waals surface area contributed by atoms with Gasteiger partial charge >= 0.3 is 0 Å². The Balaban J connectivity index is 1.76. The molecule has 1 aliphatic heterocycles. The van der Waals surface area contributed by atoms with E-state index in [4.69, 9.17) is 8.83 Å². The number of carbonyl (C=O) groups is 1. The molecule has 0 N–H and O–H groups in total. The SMILES string of the molecule is CCN1CCCC1CN(Cc1ccc(Br)o1)C(=O)c1ccco1. The van der Waals surface area contributed by atoms with Gasteiger partial charge in [0.2, 0.25) is 0 Å². The normalized spacial score (nSPS) is 18.4. The lowest BCUT2D eigenvalue weighted by atomic mass is 10.2. The molecule has 0 aliphatic carbocycles. The molecule has 0 aromatic carbocycles. The number of likely N-dealkylation sites (tertiary alicyclic amines) is 1. The number of furan rings is 2. The van der Waals surface area contributed by atoms with Crippen molar-refractivity contribution in [2.45, 2.75) is 32.4 Å². The molecule has 1 fully saturated rings. The molecule has 0 radical (unpaired) electrons. The molecular weight excluding hydrogens is 360 g/mol. The van der Waals surface area contributed by atoms with Gasteiger partial charge in [0.25, 0.3) is 5.91 Å². The van der Waals surface area contributed by atoms with E-state index < -0.39 is 0 Å². The molecule has 5 nitrogen and oxygen atoms in total. The van der Waals surface area contributed by atoms with E-state index in [-0.39, 0.29) is 5.91 Å². The molecule has 1 saturated heterocycles. The maximum absolute atomic E-state index is 12.8. The molecule has 0 saturated carbocycles. The van der Waals surface area contributed by atoms with Crippen LogP contribution >= 0.6 is 15.9 Å². The largest absolute Gasteiger partial charge is 0.459 e. The maximum atomic E-state index is 12.8. The molecule has 3 rings (SSSR count). The smallest absolute Gasteiger partial charge is 0.290 e. The Morgan fingerprint density at radius 1 is 1.43 bits per heavy atom. The van der Waals surface area contributed by atoms with Gasteiger partial charge in [0.05, 0.1) is 12.8 Å². The number of likely N-dealkylation sites (N-methyl/N-ethyl adjacent to an activating group) is 1. The Morgan fingerprint density at radius 3 is 2.96 bits per heavy atom. The third kappa shape index (κ3) is 3.87. The van der Waals surface area contributed by atoms with Gasteiger partial charge in [0.1, 0.15) is 5.76 Å². The van der Waals surface area contributed by atoms with E-state index in [2.05, 4.69) is 27.8 Å². The Bertz CT molecular complexity index is 638. The Labute approximate surface area is 144 Å². The van der Waals surface area contributed by atoms with Crippen LogP contribution in [0.25, 0.3) is 0 Å². The van der Waals surface area contributed by atoms with Gasteiger partial charge in [-0.2, -0.15) is 0 Å². The zero-order valence-corrected chi connectivity index (χ0v) is 14.8. The van der Waals surface area contributed by atoms with Crippen LogP contribution in [0.1, 0.15) is 36.1 Å². The number of nitrogens with zero attached hydrogens (tertiary/aromatic N) is 2. The molecule has 3 heterocycles. The standard InChI is InChI=1S/C17H21BrN2O3/c1-2-19-9-3-5-13(19)11-20(12-14-7-8-16(18)23-14)17(21)15-6-4-10-22-15/h4,6-8,10,13H,2-3,5,9,11-12H2,1H3. The van der Waals surface area contributed by atoms with E-state index >= 15 is 0 Å². The third-order valence-electron chi connectivity index (χ3n) is 4.33. The van der Waals surface area contributed by atoms with Gasteiger partial charge in [-0.3, -0.25) is 9.69 Å². The average molecular weight is 381 g/mol. The van der Waals surface area contributed by atoms with Crippen LogP contribution in [0.3, 0.4) is 0 Å². The highest BCUT2D eigenvalue weighted by atomic mass is 79.9. The minimum absolute atomic E-state index is 0.0922. The van der Waals surface area contributed by atoms with Crippen molar-refractivity contribution < 1.29 is 13.6 Å². The summed E-state index contributed by atoms with van der Waals surface area (Å²) in [6.07, 6.45) is 3.84. The van der Waals surface area contributed by atoms with Gasteiger partial charge in [-0.1, -0.05) is 6.92 Å². The first-order valence-electron chi connectivity index (χ1n) is 7.98. The summed E-state index contributed by atoms with van der Waals surface area (Å²) in [5, 5.41) is 0. The highest BCUT2D eigenvalue weighted by molar-refractivity contribution is 9.10. The fraction of sp³-hybridized carbons (Fsp3) is 0.471. The molecule has 124 valence electrons. The van der Waals surface area contributed by atoms with Crippen molar-refractivity contribution >= 4 is 21.8 Å². The summed E-state index contributed by atoms with van der Waals surface area (Å²) in [5.74, 6) is 1.04. The molecule has 6 heteroatoms. The summed E-state index contributed by atoms with van der Waals surface area (Å²) >= 11 is 3.31. The van der Waals surface area contributed by atoms with Crippen molar-refractivity contribution in [3.63, 3.8) is 0 Å². The van der Waals surface area contributed by atoms with E-state index in [1.807, 2.05) is 17.0 Å². The summed E-state index contributed by atoms with van der Waals surface area (Å²) in [7, 11) is 0. The fourth-order valence-electron chi connectivity index (χ4n) is 3.17. The first kappa shape index (κ1) is 16.3. The number of carbonyl (C=O) groups excluding carboxylic acids is 1. The molecule has 2 aromatic rings. The van der Waals surface area contributed by atoms with Crippen LogP contribution in [-0.4, -0.2) is 41.4 Å². The molecule has 0 spiro atoms. The first-order valence-corrected chi connectivity index (χ1v) is 8.77. The van der Waals surface area contributed by atoms with Gasteiger partial charge in [0.15, 0.2) is 10.4 Å². The monoisotopic (exact) mass is 380 g/mol. The van der Waals surface area contributed by atoms with E-state index in [1.165, 1.54) is 12.7 Å². The first-order chi connectivity index (χ1) is 11.2. The molecular formula is C17H21BrN2O3. The fourth-order valence-corrected chi connectivity index (χ4v) is 3.51. The van der Waals surface area contributed by atoms with Gasteiger partial charge in [-0.15, -0.1) is 0 Å². The molecule has 0 bridgehead atoms. The number of amides is 1. The van der Waals surface area contributed by atoms with Crippen molar-refractivity contribution in [1.82, 2.24) is 9.80 Å². The number of hydrogen-bond acceptors (Lipinski definition) is 4. The summed E-state index contributed by atoms with van der Waals surface area (Å²) in [6.45, 7) is 5.42. The molecule has 1 aliphatic rings. The zero-order chi connectivity index (χ0) is 16.2. The lowest BCUT2D eigenvalue weighted by Crippen LogP contribution is -2.42. The van der Waals surface area contributed by atoms with Gasteiger partial charge in [-0.05, 0) is 66.1 Å². The lowest BCUT2D eigenvalue weighted by Gasteiger charge is -2.29. The van der Waals surface area contributed by atoms with Crippen molar-refractivity contribution in [2.75, 3.05) is 19.6 Å². The van der Waals surface area contributed by atoms with E-state index in [9.17, 15) is 4.79 Å². The van der Waals surface area contributed by atoms with Gasteiger partial charge in [-0.25, -0.2) is 0 Å².